The van der Waals surface area contributed by atoms with E-state index in [1.165, 1.54) is 0 Å². The molecule has 0 radical (unpaired) electrons. The normalized spacial score (nSPS) is 25.4. The van der Waals surface area contributed by atoms with Crippen LogP contribution in [-0.4, -0.2) is 51.0 Å². The molecule has 2 aliphatic rings. The third kappa shape index (κ3) is 5.20. The molecule has 150 valence electrons. The van der Waals surface area contributed by atoms with Crippen LogP contribution in [0.15, 0.2) is 29.3 Å². The molecule has 1 aromatic carbocycles. The third-order valence-corrected chi connectivity index (χ3v) is 5.72. The van der Waals surface area contributed by atoms with Gasteiger partial charge < -0.3 is 20.1 Å². The van der Waals surface area contributed by atoms with E-state index in [-0.39, 0.29) is 16.8 Å². The first-order chi connectivity index (χ1) is 13.1. The van der Waals surface area contributed by atoms with Gasteiger partial charge in [0.15, 0.2) is 5.96 Å². The Labute approximate surface area is 161 Å². The molecule has 0 aliphatic carbocycles. The summed E-state index contributed by atoms with van der Waals surface area (Å²) in [6.07, 6.45) is 3.97. The molecule has 0 bridgehead atoms. The van der Waals surface area contributed by atoms with Gasteiger partial charge in [0.25, 0.3) is 0 Å². The number of nitrogens with zero attached hydrogens (tertiary/aromatic N) is 1. The lowest BCUT2D eigenvalue weighted by molar-refractivity contribution is 0.0283. The van der Waals surface area contributed by atoms with Crippen molar-refractivity contribution in [2.75, 3.05) is 39.5 Å². The van der Waals surface area contributed by atoms with Crippen LogP contribution < -0.4 is 10.6 Å². The lowest BCUT2D eigenvalue weighted by Gasteiger charge is -2.38. The second kappa shape index (κ2) is 9.02. The minimum atomic E-state index is -0.200. The van der Waals surface area contributed by atoms with Crippen LogP contribution >= 0.6 is 0 Å². The highest BCUT2D eigenvalue weighted by Gasteiger charge is 2.35. The highest BCUT2D eigenvalue weighted by Crippen LogP contribution is 2.34. The summed E-state index contributed by atoms with van der Waals surface area (Å²) >= 11 is 0. The average Bonchev–Trinajstić information content (AvgIpc) is 3.12. The Balaban J connectivity index is 1.71. The van der Waals surface area contributed by atoms with E-state index < -0.39 is 0 Å². The largest absolute Gasteiger partial charge is 0.381 e. The summed E-state index contributed by atoms with van der Waals surface area (Å²) < 4.78 is 24.8. The zero-order chi connectivity index (χ0) is 19.2. The molecule has 0 amide bonds. The van der Waals surface area contributed by atoms with Crippen molar-refractivity contribution < 1.29 is 13.9 Å². The summed E-state index contributed by atoms with van der Waals surface area (Å²) in [6.45, 7) is 8.65. The molecule has 0 saturated carbocycles. The van der Waals surface area contributed by atoms with Crippen molar-refractivity contribution in [3.05, 3.63) is 35.6 Å². The fourth-order valence-corrected chi connectivity index (χ4v) is 3.94. The predicted molar refractivity (Wildman–Crippen MR) is 106 cm³/mol. The number of benzene rings is 1. The average molecular weight is 378 g/mol. The van der Waals surface area contributed by atoms with Gasteiger partial charge in [-0.25, -0.2) is 4.39 Å². The maximum absolute atomic E-state index is 13.4. The zero-order valence-electron chi connectivity index (χ0n) is 16.5. The Kier molecular flexibility index (Phi) is 6.71. The number of aliphatic imine (C=N–C) groups is 1. The standard InChI is InChI=1S/C21H32FN3O2/c1-3-23-19(24-15-20(2)9-4-12-27-20)25-16-21(10-13-26-14-11-21)17-5-7-18(22)8-6-17/h5-8H,3-4,9-16H2,1-2H3,(H2,23,24,25). The number of hydrogen-bond donors (Lipinski definition) is 2. The number of halogens is 1. The number of guanidine groups is 1. The van der Waals surface area contributed by atoms with Crippen molar-refractivity contribution in [2.24, 2.45) is 4.99 Å². The minimum absolute atomic E-state index is 0.0735. The van der Waals surface area contributed by atoms with E-state index in [9.17, 15) is 4.39 Å². The van der Waals surface area contributed by atoms with Gasteiger partial charge in [-0.2, -0.15) is 0 Å². The van der Waals surface area contributed by atoms with Crippen molar-refractivity contribution in [1.82, 2.24) is 10.6 Å². The number of hydrogen-bond acceptors (Lipinski definition) is 3. The molecule has 2 saturated heterocycles. The Morgan fingerprint density at radius 3 is 2.48 bits per heavy atom. The van der Waals surface area contributed by atoms with E-state index in [0.29, 0.717) is 6.54 Å². The summed E-state index contributed by atoms with van der Waals surface area (Å²) in [7, 11) is 0. The summed E-state index contributed by atoms with van der Waals surface area (Å²) in [5, 5.41) is 6.85. The molecule has 6 heteroatoms. The van der Waals surface area contributed by atoms with Crippen LogP contribution in [0, 0.1) is 5.82 Å². The Hall–Kier alpha value is -1.66. The van der Waals surface area contributed by atoms with Crippen LogP contribution in [0.5, 0.6) is 0 Å². The molecule has 2 fully saturated rings. The molecular formula is C21H32FN3O2. The second-order valence-corrected chi connectivity index (χ2v) is 7.85. The van der Waals surface area contributed by atoms with Gasteiger partial charge in [0.05, 0.1) is 12.1 Å². The Morgan fingerprint density at radius 2 is 1.85 bits per heavy atom. The first-order valence-electron chi connectivity index (χ1n) is 10.1. The van der Waals surface area contributed by atoms with Gasteiger partial charge in [0.1, 0.15) is 5.82 Å². The van der Waals surface area contributed by atoms with Crippen LogP contribution in [0.3, 0.4) is 0 Å². The summed E-state index contributed by atoms with van der Waals surface area (Å²) in [5.74, 6) is 0.607. The smallest absolute Gasteiger partial charge is 0.191 e. The van der Waals surface area contributed by atoms with E-state index in [4.69, 9.17) is 14.5 Å². The monoisotopic (exact) mass is 377 g/mol. The van der Waals surface area contributed by atoms with Gasteiger partial charge in [0, 0.05) is 38.3 Å². The molecule has 2 aliphatic heterocycles. The maximum Gasteiger partial charge on any atom is 0.191 e. The van der Waals surface area contributed by atoms with E-state index in [0.717, 1.165) is 70.1 Å². The van der Waals surface area contributed by atoms with Gasteiger partial charge in [-0.15, -0.1) is 0 Å². The quantitative estimate of drug-likeness (QED) is 0.591. The summed E-state index contributed by atoms with van der Waals surface area (Å²) in [5.41, 5.74) is 0.924. The zero-order valence-corrected chi connectivity index (χ0v) is 16.5. The molecule has 2 heterocycles. The lowest BCUT2D eigenvalue weighted by Crippen LogP contribution is -2.48. The molecule has 2 N–H and O–H groups in total. The topological polar surface area (TPSA) is 54.9 Å². The number of ether oxygens (including phenoxy) is 2. The van der Waals surface area contributed by atoms with Crippen molar-refractivity contribution in [3.8, 4) is 0 Å². The fraction of sp³-hybridized carbons (Fsp3) is 0.667. The van der Waals surface area contributed by atoms with Crippen molar-refractivity contribution in [3.63, 3.8) is 0 Å². The predicted octanol–water partition coefficient (Wildman–Crippen LogP) is 3.00. The van der Waals surface area contributed by atoms with Crippen LogP contribution in [-0.2, 0) is 14.9 Å². The van der Waals surface area contributed by atoms with Crippen molar-refractivity contribution in [2.45, 2.75) is 50.5 Å². The molecule has 0 spiro atoms. The molecular weight excluding hydrogens is 345 g/mol. The fourth-order valence-electron chi connectivity index (χ4n) is 3.94. The molecule has 1 unspecified atom stereocenters. The lowest BCUT2D eigenvalue weighted by atomic mass is 9.74. The van der Waals surface area contributed by atoms with E-state index in [1.807, 2.05) is 12.1 Å². The van der Waals surface area contributed by atoms with Gasteiger partial charge in [0.2, 0.25) is 0 Å². The highest BCUT2D eigenvalue weighted by molar-refractivity contribution is 5.80. The van der Waals surface area contributed by atoms with Crippen LogP contribution in [0.2, 0.25) is 0 Å². The highest BCUT2D eigenvalue weighted by atomic mass is 19.1. The van der Waals surface area contributed by atoms with E-state index >= 15 is 0 Å². The SMILES string of the molecule is CCNC(=NCC1(C)CCCO1)NCC1(c2ccc(F)cc2)CCOCC1. The first kappa shape index (κ1) is 20.1. The van der Waals surface area contributed by atoms with Crippen molar-refractivity contribution in [1.29, 1.82) is 0 Å². The maximum atomic E-state index is 13.4. The van der Waals surface area contributed by atoms with E-state index in [1.54, 1.807) is 12.1 Å². The Bertz CT molecular complexity index is 621. The first-order valence-corrected chi connectivity index (χ1v) is 10.1. The molecule has 5 nitrogen and oxygen atoms in total. The third-order valence-electron chi connectivity index (χ3n) is 5.72. The molecule has 27 heavy (non-hydrogen) atoms. The summed E-state index contributed by atoms with van der Waals surface area (Å²) in [6, 6.07) is 6.90. The van der Waals surface area contributed by atoms with Gasteiger partial charge >= 0.3 is 0 Å². The van der Waals surface area contributed by atoms with Crippen LogP contribution in [0.4, 0.5) is 4.39 Å². The number of nitrogens with one attached hydrogen (secondary N) is 2. The number of rotatable bonds is 6. The molecule has 3 rings (SSSR count). The minimum Gasteiger partial charge on any atom is -0.381 e. The molecule has 1 atom stereocenters. The molecule has 0 aromatic heterocycles. The van der Waals surface area contributed by atoms with Crippen molar-refractivity contribution >= 4 is 5.96 Å². The van der Waals surface area contributed by atoms with Gasteiger partial charge in [-0.05, 0) is 57.2 Å². The van der Waals surface area contributed by atoms with E-state index in [2.05, 4.69) is 24.5 Å². The van der Waals surface area contributed by atoms with Crippen LogP contribution in [0.1, 0.15) is 45.1 Å². The summed E-state index contributed by atoms with van der Waals surface area (Å²) in [4.78, 5) is 4.77. The molecule has 1 aromatic rings. The second-order valence-electron chi connectivity index (χ2n) is 7.85. The van der Waals surface area contributed by atoms with Crippen LogP contribution in [0.25, 0.3) is 0 Å². The van der Waals surface area contributed by atoms with Gasteiger partial charge in [-0.1, -0.05) is 12.1 Å². The Morgan fingerprint density at radius 1 is 1.11 bits per heavy atom. The van der Waals surface area contributed by atoms with Gasteiger partial charge in [-0.3, -0.25) is 4.99 Å².